The summed E-state index contributed by atoms with van der Waals surface area (Å²) in [5.41, 5.74) is 0. The normalized spacial score (nSPS) is 18.9. The van der Waals surface area contributed by atoms with Gasteiger partial charge in [0.15, 0.2) is 12.9 Å². The maximum absolute atomic E-state index is 12.4. The van der Waals surface area contributed by atoms with E-state index in [0.717, 1.165) is 31.5 Å². The number of morpholine rings is 2. The number of furan rings is 1. The lowest BCUT2D eigenvalue weighted by Crippen LogP contribution is -3.00. The van der Waals surface area contributed by atoms with Crippen LogP contribution in [-0.4, -0.2) is 107 Å². The molecule has 0 atom stereocenters. The fourth-order valence-electron chi connectivity index (χ4n) is 3.61. The van der Waals surface area contributed by atoms with E-state index in [1.54, 1.807) is 13.3 Å². The van der Waals surface area contributed by atoms with Crippen LogP contribution in [0, 0.1) is 0 Å². The molecule has 170 valence electrons. The van der Waals surface area contributed by atoms with Crippen LogP contribution in [0.5, 0.6) is 0 Å². The summed E-state index contributed by atoms with van der Waals surface area (Å²) in [6, 6.07) is 1.83. The summed E-state index contributed by atoms with van der Waals surface area (Å²) in [6.45, 7) is 10.5. The summed E-state index contributed by atoms with van der Waals surface area (Å²) in [7, 11) is 1.76. The second-order valence-electron chi connectivity index (χ2n) is 7.27. The molecule has 0 spiro atoms. The van der Waals surface area contributed by atoms with Gasteiger partial charge in [0.1, 0.15) is 0 Å². The van der Waals surface area contributed by atoms with Gasteiger partial charge in [-0.1, -0.05) is 0 Å². The van der Waals surface area contributed by atoms with Crippen molar-refractivity contribution in [3.8, 4) is 0 Å². The minimum atomic E-state index is -2.04. The highest BCUT2D eigenvalue weighted by Gasteiger charge is 2.52. The molecule has 9 nitrogen and oxygen atoms in total. The Morgan fingerprint density at radius 3 is 2.17 bits per heavy atom. The van der Waals surface area contributed by atoms with E-state index < -0.39 is 13.5 Å². The minimum absolute atomic E-state index is 0. The van der Waals surface area contributed by atoms with E-state index >= 15 is 0 Å². The first kappa shape index (κ1) is 25.5. The van der Waals surface area contributed by atoms with Crippen LogP contribution < -0.4 is 29.3 Å². The standard InChI is InChI=1S/C19H32N4O5P.HI/c1-5-27-19(24)16-14-17(18(28-16)20-15-21(2)3)29(4,22-6-10-25-11-7-22)23-8-12-26-13-9-23;/h14-15H,5-13H2,1-4H3;1H/q+1;/p-1/b20-15+;. The zero-order valence-corrected chi connectivity index (χ0v) is 21.2. The van der Waals surface area contributed by atoms with Crippen LogP contribution in [0.15, 0.2) is 15.5 Å². The molecule has 0 aliphatic carbocycles. The van der Waals surface area contributed by atoms with Crippen LogP contribution in [0.2, 0.25) is 0 Å². The van der Waals surface area contributed by atoms with Gasteiger partial charge in [0, 0.05) is 20.2 Å². The molecule has 1 aromatic rings. The largest absolute Gasteiger partial charge is 1.00 e. The molecule has 30 heavy (non-hydrogen) atoms. The van der Waals surface area contributed by atoms with E-state index in [4.69, 9.17) is 18.6 Å². The van der Waals surface area contributed by atoms with Crippen LogP contribution in [-0.2, 0) is 14.2 Å². The Labute approximate surface area is 196 Å². The summed E-state index contributed by atoms with van der Waals surface area (Å²) in [5, 5.41) is 0.961. The third-order valence-electron chi connectivity index (χ3n) is 5.11. The Balaban J connectivity index is 0.00000320. The molecule has 0 N–H and O–H groups in total. The molecule has 0 aromatic carbocycles. The average Bonchev–Trinajstić information content (AvgIpc) is 3.18. The molecule has 2 fully saturated rings. The average molecular weight is 554 g/mol. The van der Waals surface area contributed by atoms with Crippen LogP contribution >= 0.6 is 7.56 Å². The lowest BCUT2D eigenvalue weighted by atomic mass is 10.4. The number of hydrogen-bond donors (Lipinski definition) is 0. The Morgan fingerprint density at radius 2 is 1.70 bits per heavy atom. The van der Waals surface area contributed by atoms with E-state index in [9.17, 15) is 4.79 Å². The zero-order chi connectivity index (χ0) is 20.9. The fraction of sp³-hybridized carbons (Fsp3) is 0.684. The van der Waals surface area contributed by atoms with Crippen LogP contribution in [0.25, 0.3) is 0 Å². The predicted molar refractivity (Wildman–Crippen MR) is 114 cm³/mol. The highest BCUT2D eigenvalue weighted by Crippen LogP contribution is 2.62. The molecular formula is C19H32IN4O5P. The van der Waals surface area contributed by atoms with Gasteiger partial charge < -0.3 is 47.5 Å². The number of halogens is 1. The van der Waals surface area contributed by atoms with Gasteiger partial charge in [-0.3, -0.25) is 0 Å². The van der Waals surface area contributed by atoms with Crippen molar-refractivity contribution >= 4 is 31.1 Å². The Morgan fingerprint density at radius 1 is 1.17 bits per heavy atom. The van der Waals surface area contributed by atoms with Gasteiger partial charge >= 0.3 is 5.97 Å². The molecule has 1 aromatic heterocycles. The van der Waals surface area contributed by atoms with Crippen molar-refractivity contribution in [1.82, 2.24) is 14.2 Å². The number of carbonyl (C=O) groups excluding carboxylic acids is 1. The van der Waals surface area contributed by atoms with Crippen molar-refractivity contribution in [2.75, 3.05) is 80.0 Å². The summed E-state index contributed by atoms with van der Waals surface area (Å²) >= 11 is 0. The molecule has 0 saturated carbocycles. The van der Waals surface area contributed by atoms with E-state index in [2.05, 4.69) is 21.0 Å². The van der Waals surface area contributed by atoms with E-state index in [-0.39, 0.29) is 29.7 Å². The van der Waals surface area contributed by atoms with Gasteiger partial charge in [-0.15, -0.1) is 0 Å². The topological polar surface area (TPSA) is 80.0 Å². The molecule has 11 heteroatoms. The number of nitrogens with zero attached hydrogens (tertiary/aromatic N) is 4. The maximum atomic E-state index is 12.4. The smallest absolute Gasteiger partial charge is 0.374 e. The third-order valence-corrected chi connectivity index (χ3v) is 9.35. The first-order valence-corrected chi connectivity index (χ1v) is 12.2. The second kappa shape index (κ2) is 11.7. The predicted octanol–water partition coefficient (Wildman–Crippen LogP) is -1.55. The summed E-state index contributed by atoms with van der Waals surface area (Å²) in [5.74, 6) is 0.201. The van der Waals surface area contributed by atoms with Gasteiger partial charge in [-0.25, -0.2) is 9.79 Å². The molecule has 2 aliphatic rings. The van der Waals surface area contributed by atoms with Crippen molar-refractivity contribution in [1.29, 1.82) is 0 Å². The second-order valence-corrected chi connectivity index (χ2v) is 10.7. The number of carbonyl (C=O) groups is 1. The number of rotatable bonds is 7. The molecule has 2 saturated heterocycles. The molecule has 3 rings (SSSR count). The number of hydrogen-bond acceptors (Lipinski definition) is 8. The Bertz CT molecular complexity index is 700. The van der Waals surface area contributed by atoms with Gasteiger partial charge in [0.2, 0.25) is 5.76 Å². The highest BCUT2D eigenvalue weighted by molar-refractivity contribution is 7.78. The number of esters is 1. The van der Waals surface area contributed by atoms with Gasteiger partial charge in [-0.05, 0) is 6.92 Å². The van der Waals surface area contributed by atoms with Crippen LogP contribution in [0.3, 0.4) is 0 Å². The van der Waals surface area contributed by atoms with Gasteiger partial charge in [0.05, 0.1) is 72.2 Å². The van der Waals surface area contributed by atoms with Crippen molar-refractivity contribution in [3.63, 3.8) is 0 Å². The molecule has 0 amide bonds. The highest BCUT2D eigenvalue weighted by atomic mass is 127. The first-order valence-electron chi connectivity index (χ1n) is 10.0. The first-order chi connectivity index (χ1) is 14.0. The van der Waals surface area contributed by atoms with Crippen molar-refractivity contribution in [2.45, 2.75) is 6.92 Å². The maximum Gasteiger partial charge on any atom is 0.374 e. The summed E-state index contributed by atoms with van der Waals surface area (Å²) in [6.07, 6.45) is 1.69. The SMILES string of the molecule is CCOC(=O)c1cc([P+](C)(N2CCOCC2)N2CCOCC2)c(/N=C/N(C)C)o1.[I-]. The third kappa shape index (κ3) is 5.72. The van der Waals surface area contributed by atoms with Crippen LogP contribution in [0.1, 0.15) is 17.5 Å². The summed E-state index contributed by atoms with van der Waals surface area (Å²) < 4.78 is 27.3. The van der Waals surface area contributed by atoms with Gasteiger partial charge in [-0.2, -0.15) is 9.34 Å². The van der Waals surface area contributed by atoms with Crippen molar-refractivity contribution in [2.24, 2.45) is 4.99 Å². The van der Waals surface area contributed by atoms with E-state index in [0.29, 0.717) is 38.9 Å². The Kier molecular flexibility index (Phi) is 9.96. The molecule has 0 unspecified atom stereocenters. The molecular weight excluding hydrogens is 522 g/mol. The lowest BCUT2D eigenvalue weighted by Gasteiger charge is -2.42. The van der Waals surface area contributed by atoms with Crippen molar-refractivity contribution < 1.29 is 47.4 Å². The van der Waals surface area contributed by atoms with Crippen molar-refractivity contribution in [3.05, 3.63) is 11.8 Å². The number of ether oxygens (including phenoxy) is 3. The number of aliphatic imine (C=N–C) groups is 1. The Hall–Kier alpha value is -0.780. The molecule has 2 aliphatic heterocycles. The van der Waals surface area contributed by atoms with E-state index in [1.807, 2.05) is 25.1 Å². The monoisotopic (exact) mass is 554 g/mol. The minimum Gasteiger partial charge on any atom is -1.00 e. The fourth-order valence-corrected chi connectivity index (χ4v) is 7.29. The summed E-state index contributed by atoms with van der Waals surface area (Å²) in [4.78, 5) is 18.8. The quantitative estimate of drug-likeness (QED) is 0.132. The van der Waals surface area contributed by atoms with Gasteiger partial charge in [0.25, 0.3) is 5.88 Å². The molecule has 3 heterocycles. The molecule has 0 radical (unpaired) electrons. The zero-order valence-electron chi connectivity index (χ0n) is 18.2. The lowest BCUT2D eigenvalue weighted by molar-refractivity contribution is -0.0000255. The van der Waals surface area contributed by atoms with E-state index in [1.165, 1.54) is 0 Å². The van der Waals surface area contributed by atoms with Crippen LogP contribution in [0.4, 0.5) is 5.88 Å². The molecule has 0 bridgehead atoms.